The van der Waals surface area contributed by atoms with E-state index in [-0.39, 0.29) is 5.91 Å². The molecule has 0 radical (unpaired) electrons. The smallest absolute Gasteiger partial charge is 0.224 e. The van der Waals surface area contributed by atoms with Crippen molar-refractivity contribution in [2.75, 3.05) is 11.9 Å². The van der Waals surface area contributed by atoms with Gasteiger partial charge in [0.15, 0.2) is 0 Å². The molecule has 0 bridgehead atoms. The monoisotopic (exact) mass is 295 g/mol. The number of rotatable bonds is 6. The van der Waals surface area contributed by atoms with E-state index in [4.69, 9.17) is 4.74 Å². The van der Waals surface area contributed by atoms with Crippen molar-refractivity contribution in [2.24, 2.45) is 0 Å². The van der Waals surface area contributed by atoms with Gasteiger partial charge in [-0.25, -0.2) is 0 Å². The van der Waals surface area contributed by atoms with E-state index in [1.807, 2.05) is 48.5 Å². The Kier molecular flexibility index (Phi) is 4.34. The number of fused-ring (bicyclic) bond motifs is 1. The van der Waals surface area contributed by atoms with Crippen LogP contribution in [-0.4, -0.2) is 22.7 Å². The van der Waals surface area contributed by atoms with E-state index in [0.29, 0.717) is 19.4 Å². The van der Waals surface area contributed by atoms with E-state index in [9.17, 15) is 4.79 Å². The quantitative estimate of drug-likeness (QED) is 0.685. The van der Waals surface area contributed by atoms with Crippen molar-refractivity contribution in [3.63, 3.8) is 0 Å². The molecule has 1 heterocycles. The van der Waals surface area contributed by atoms with Gasteiger partial charge in [-0.05, 0) is 36.8 Å². The molecular weight excluding hydrogens is 278 g/mol. The summed E-state index contributed by atoms with van der Waals surface area (Å²) in [5.41, 5.74) is 1.68. The minimum atomic E-state index is -0.0180. The summed E-state index contributed by atoms with van der Waals surface area (Å²) in [6.45, 7) is 0.525. The van der Waals surface area contributed by atoms with Gasteiger partial charge < -0.3 is 10.1 Å². The summed E-state index contributed by atoms with van der Waals surface area (Å²) in [7, 11) is 0. The van der Waals surface area contributed by atoms with Crippen LogP contribution < -0.4 is 10.1 Å². The molecule has 1 amide bonds. The molecule has 0 atom stereocenters. The average molecular weight is 295 g/mol. The van der Waals surface area contributed by atoms with Gasteiger partial charge in [-0.15, -0.1) is 0 Å². The van der Waals surface area contributed by atoms with Crippen LogP contribution in [0.2, 0.25) is 0 Å². The lowest BCUT2D eigenvalue weighted by Gasteiger charge is -2.07. The first kappa shape index (κ1) is 14.1. The number of hydrogen-bond acceptors (Lipinski definition) is 3. The lowest BCUT2D eigenvalue weighted by Crippen LogP contribution is -2.12. The zero-order chi connectivity index (χ0) is 15.2. The number of aromatic amines is 1. The summed E-state index contributed by atoms with van der Waals surface area (Å²) < 4.78 is 5.56. The van der Waals surface area contributed by atoms with Crippen molar-refractivity contribution < 1.29 is 9.53 Å². The van der Waals surface area contributed by atoms with Gasteiger partial charge in [-0.1, -0.05) is 18.2 Å². The molecule has 2 aromatic carbocycles. The molecule has 3 aromatic rings. The third-order valence-electron chi connectivity index (χ3n) is 3.29. The van der Waals surface area contributed by atoms with Crippen molar-refractivity contribution in [2.45, 2.75) is 12.8 Å². The van der Waals surface area contributed by atoms with Gasteiger partial charge in [-0.3, -0.25) is 9.89 Å². The Labute approximate surface area is 128 Å². The number of amides is 1. The second-order valence-corrected chi connectivity index (χ2v) is 4.99. The number of aromatic nitrogens is 2. The fraction of sp³-hybridized carbons (Fsp3) is 0.176. The predicted octanol–water partition coefficient (Wildman–Crippen LogP) is 3.36. The molecule has 112 valence electrons. The fourth-order valence-electron chi connectivity index (χ4n) is 2.18. The molecule has 0 spiro atoms. The molecule has 0 saturated heterocycles. The number of para-hydroxylation sites is 1. The molecule has 3 rings (SSSR count). The second kappa shape index (κ2) is 6.76. The summed E-state index contributed by atoms with van der Waals surface area (Å²) in [5, 5.41) is 10.7. The van der Waals surface area contributed by atoms with Crippen LogP contribution in [0.1, 0.15) is 12.8 Å². The third kappa shape index (κ3) is 3.63. The number of carbonyl (C=O) groups is 1. The molecule has 1 aromatic heterocycles. The number of hydrogen-bond donors (Lipinski definition) is 2. The highest BCUT2D eigenvalue weighted by Crippen LogP contribution is 2.16. The largest absolute Gasteiger partial charge is 0.494 e. The van der Waals surface area contributed by atoms with Crippen molar-refractivity contribution >= 4 is 22.5 Å². The van der Waals surface area contributed by atoms with E-state index < -0.39 is 0 Å². The molecule has 0 aliphatic heterocycles. The van der Waals surface area contributed by atoms with E-state index >= 15 is 0 Å². The van der Waals surface area contributed by atoms with Gasteiger partial charge in [0.05, 0.1) is 18.3 Å². The minimum Gasteiger partial charge on any atom is -0.494 e. The fourth-order valence-corrected chi connectivity index (χ4v) is 2.18. The van der Waals surface area contributed by atoms with Crippen LogP contribution in [0.5, 0.6) is 5.75 Å². The van der Waals surface area contributed by atoms with Crippen molar-refractivity contribution in [3.8, 4) is 5.75 Å². The van der Waals surface area contributed by atoms with Gasteiger partial charge >= 0.3 is 0 Å². The Morgan fingerprint density at radius 2 is 2.05 bits per heavy atom. The minimum absolute atomic E-state index is 0.0180. The van der Waals surface area contributed by atoms with Gasteiger partial charge in [0.2, 0.25) is 5.91 Å². The SMILES string of the molecule is O=C(CCCOc1ccccc1)Nc1ccc2cn[nH]c2c1. The number of nitrogens with one attached hydrogen (secondary N) is 2. The number of anilines is 1. The molecule has 22 heavy (non-hydrogen) atoms. The summed E-state index contributed by atoms with van der Waals surface area (Å²) in [6.07, 6.45) is 2.85. The van der Waals surface area contributed by atoms with Crippen molar-refractivity contribution in [1.29, 1.82) is 0 Å². The molecule has 0 fully saturated rings. The topological polar surface area (TPSA) is 67.0 Å². The Balaban J connectivity index is 1.44. The third-order valence-corrected chi connectivity index (χ3v) is 3.29. The summed E-state index contributed by atoms with van der Waals surface area (Å²) in [6, 6.07) is 15.3. The van der Waals surface area contributed by atoms with Crippen LogP contribution in [0.3, 0.4) is 0 Å². The number of H-pyrrole nitrogens is 1. The predicted molar refractivity (Wildman–Crippen MR) is 85.9 cm³/mol. The van der Waals surface area contributed by atoms with Crippen molar-refractivity contribution in [3.05, 3.63) is 54.7 Å². The molecule has 0 unspecified atom stereocenters. The number of nitrogens with zero attached hydrogens (tertiary/aromatic N) is 1. The highest BCUT2D eigenvalue weighted by Gasteiger charge is 2.04. The first-order valence-corrected chi connectivity index (χ1v) is 7.22. The molecule has 2 N–H and O–H groups in total. The van der Waals surface area contributed by atoms with E-state index in [1.165, 1.54) is 0 Å². The van der Waals surface area contributed by atoms with Crippen LogP contribution in [-0.2, 0) is 4.79 Å². The molecule has 0 saturated carbocycles. The Hall–Kier alpha value is -2.82. The van der Waals surface area contributed by atoms with E-state index in [0.717, 1.165) is 22.3 Å². The standard InChI is InChI=1S/C17H17N3O2/c21-17(7-4-10-22-15-5-2-1-3-6-15)19-14-9-8-13-12-18-20-16(13)11-14/h1-3,5-6,8-9,11-12H,4,7,10H2,(H,18,20)(H,19,21). The lowest BCUT2D eigenvalue weighted by molar-refractivity contribution is -0.116. The Morgan fingerprint density at radius 1 is 1.18 bits per heavy atom. The summed E-state index contributed by atoms with van der Waals surface area (Å²) in [5.74, 6) is 0.808. The first-order chi connectivity index (χ1) is 10.8. The van der Waals surface area contributed by atoms with Crippen LogP contribution >= 0.6 is 0 Å². The Bertz CT molecular complexity index is 753. The van der Waals surface area contributed by atoms with Gasteiger partial charge in [0.1, 0.15) is 5.75 Å². The average Bonchev–Trinajstić information content (AvgIpc) is 3.00. The molecular formula is C17H17N3O2. The molecule has 0 aliphatic rings. The molecule has 5 heteroatoms. The van der Waals surface area contributed by atoms with Crippen LogP contribution in [0, 0.1) is 0 Å². The number of carbonyl (C=O) groups excluding carboxylic acids is 1. The van der Waals surface area contributed by atoms with Gasteiger partial charge in [0.25, 0.3) is 0 Å². The molecule has 5 nitrogen and oxygen atoms in total. The second-order valence-electron chi connectivity index (χ2n) is 4.99. The number of ether oxygens (including phenoxy) is 1. The van der Waals surface area contributed by atoms with E-state index in [2.05, 4.69) is 15.5 Å². The molecule has 0 aliphatic carbocycles. The van der Waals surface area contributed by atoms with Crippen molar-refractivity contribution in [1.82, 2.24) is 10.2 Å². The maximum absolute atomic E-state index is 11.9. The summed E-state index contributed by atoms with van der Waals surface area (Å²) >= 11 is 0. The highest BCUT2D eigenvalue weighted by atomic mass is 16.5. The maximum atomic E-state index is 11.9. The Morgan fingerprint density at radius 3 is 2.91 bits per heavy atom. The number of benzene rings is 2. The first-order valence-electron chi connectivity index (χ1n) is 7.22. The van der Waals surface area contributed by atoms with Crippen LogP contribution in [0.25, 0.3) is 10.9 Å². The zero-order valence-corrected chi connectivity index (χ0v) is 12.1. The highest BCUT2D eigenvalue weighted by molar-refractivity contribution is 5.93. The van der Waals surface area contributed by atoms with E-state index in [1.54, 1.807) is 6.20 Å². The van der Waals surface area contributed by atoms with Crippen LogP contribution in [0.15, 0.2) is 54.7 Å². The van der Waals surface area contributed by atoms with Gasteiger partial charge in [0, 0.05) is 17.5 Å². The zero-order valence-electron chi connectivity index (χ0n) is 12.1. The van der Waals surface area contributed by atoms with Crippen LogP contribution in [0.4, 0.5) is 5.69 Å². The summed E-state index contributed by atoms with van der Waals surface area (Å²) in [4.78, 5) is 11.9. The normalized spacial score (nSPS) is 10.5. The van der Waals surface area contributed by atoms with Gasteiger partial charge in [-0.2, -0.15) is 5.10 Å². The maximum Gasteiger partial charge on any atom is 0.224 e. The lowest BCUT2D eigenvalue weighted by atomic mass is 10.2.